The summed E-state index contributed by atoms with van der Waals surface area (Å²) in [6.45, 7) is 16.5. The number of nitrogens with zero attached hydrogens (tertiary/aromatic N) is 1. The van der Waals surface area contributed by atoms with Crippen molar-refractivity contribution in [3.63, 3.8) is 0 Å². The summed E-state index contributed by atoms with van der Waals surface area (Å²) in [7, 11) is 2.10. The van der Waals surface area contributed by atoms with E-state index in [9.17, 15) is 14.4 Å². The highest BCUT2D eigenvalue weighted by Gasteiger charge is 2.15. The zero-order chi connectivity index (χ0) is 42.9. The zero-order valence-corrected chi connectivity index (χ0v) is 38.8. The Balaban J connectivity index is 4.30. The van der Waals surface area contributed by atoms with E-state index in [0.717, 1.165) is 109 Å². The van der Waals surface area contributed by atoms with Crippen molar-refractivity contribution in [1.29, 1.82) is 0 Å². The summed E-state index contributed by atoms with van der Waals surface area (Å²) < 4.78 is 17.1. The third-order valence-electron chi connectivity index (χ3n) is 11.5. The van der Waals surface area contributed by atoms with Crippen LogP contribution in [0.2, 0.25) is 0 Å². The van der Waals surface area contributed by atoms with Crippen LogP contribution in [0.4, 0.5) is 0 Å². The van der Waals surface area contributed by atoms with Crippen LogP contribution in [0, 0.1) is 11.8 Å². The number of hydrogen-bond acceptors (Lipinski definition) is 7. The van der Waals surface area contributed by atoms with Gasteiger partial charge in [0, 0.05) is 25.3 Å². The fourth-order valence-corrected chi connectivity index (χ4v) is 7.20. The van der Waals surface area contributed by atoms with Gasteiger partial charge in [0.2, 0.25) is 0 Å². The highest BCUT2D eigenvalue weighted by Crippen LogP contribution is 2.20. The molecule has 0 rings (SSSR count). The Morgan fingerprint density at radius 2 is 1.03 bits per heavy atom. The predicted octanol–water partition coefficient (Wildman–Crippen LogP) is 14.0. The van der Waals surface area contributed by atoms with E-state index >= 15 is 0 Å². The van der Waals surface area contributed by atoms with Crippen LogP contribution in [0.15, 0.2) is 29.8 Å². The molecule has 0 saturated carbocycles. The largest absolute Gasteiger partial charge is 0.466 e. The van der Waals surface area contributed by atoms with Gasteiger partial charge in [-0.2, -0.15) is 0 Å². The Labute approximate surface area is 358 Å². The fraction of sp³-hybridized carbons (Fsp3) is 0.843. The number of carbonyl (C=O) groups is 3. The van der Waals surface area contributed by atoms with Crippen molar-refractivity contribution in [3.8, 4) is 0 Å². The van der Waals surface area contributed by atoms with Crippen LogP contribution in [0.3, 0.4) is 0 Å². The van der Waals surface area contributed by atoms with E-state index in [1.54, 1.807) is 0 Å². The van der Waals surface area contributed by atoms with Gasteiger partial charge in [-0.05, 0) is 122 Å². The van der Waals surface area contributed by atoms with Crippen molar-refractivity contribution in [1.82, 2.24) is 4.90 Å². The molecule has 0 aromatic carbocycles. The maximum atomic E-state index is 12.8. The second-order valence-corrected chi connectivity index (χ2v) is 17.3. The normalized spacial score (nSPS) is 12.7. The molecule has 0 aromatic rings. The molecule has 0 spiro atoms. The maximum absolute atomic E-state index is 12.8. The van der Waals surface area contributed by atoms with Crippen LogP contribution in [0.25, 0.3) is 0 Å². The second-order valence-electron chi connectivity index (χ2n) is 17.3. The first-order chi connectivity index (χ1) is 28.1. The smallest absolute Gasteiger partial charge is 0.306 e. The van der Waals surface area contributed by atoms with Crippen LogP contribution < -0.4 is 0 Å². The number of esters is 3. The molecule has 7 heteroatoms. The monoisotopic (exact) mass is 814 g/mol. The quantitative estimate of drug-likeness (QED) is 0.0263. The van der Waals surface area contributed by atoms with Crippen molar-refractivity contribution in [2.45, 2.75) is 239 Å². The van der Waals surface area contributed by atoms with Gasteiger partial charge in [-0.15, -0.1) is 0 Å². The minimum atomic E-state index is -0.0899. The van der Waals surface area contributed by atoms with Gasteiger partial charge in [0.25, 0.3) is 0 Å². The molecular formula is C51H91NO6. The van der Waals surface area contributed by atoms with Crippen LogP contribution >= 0.6 is 0 Å². The molecule has 336 valence electrons. The van der Waals surface area contributed by atoms with Gasteiger partial charge in [-0.3, -0.25) is 14.4 Å². The van der Waals surface area contributed by atoms with Crippen LogP contribution in [0.5, 0.6) is 0 Å². The van der Waals surface area contributed by atoms with Gasteiger partial charge < -0.3 is 19.1 Å². The molecule has 0 fully saturated rings. The molecule has 0 N–H and O–H groups in total. The Bertz CT molecular complexity index is 1120. The summed E-state index contributed by atoms with van der Waals surface area (Å²) in [4.78, 5) is 39.5. The van der Waals surface area contributed by atoms with Crippen LogP contribution in [0.1, 0.15) is 227 Å². The first kappa shape index (κ1) is 55.5. The molecule has 0 aromatic heterocycles. The standard InChI is InChI=1S/C51H91NO6/c1-8-11-24-32-46(6)40-43-56-49(53)37-29-22-18-14-16-20-27-35-48(58-51(55)39-31-42-52(7)45(4)5)36-28-21-17-15-19-23-30-38-50(54)57-44-41-47(33-25-12-9-2)34-26-13-10-3/h33,45-48H,2,8,10-11,13-24,26-32,34-44H2,1,3-7H3. The molecule has 7 nitrogen and oxygen atoms in total. The first-order valence-corrected chi connectivity index (χ1v) is 24.2. The van der Waals surface area contributed by atoms with E-state index < -0.39 is 0 Å². The van der Waals surface area contributed by atoms with Gasteiger partial charge in [-0.1, -0.05) is 141 Å². The van der Waals surface area contributed by atoms with Gasteiger partial charge in [-0.25, -0.2) is 0 Å². The summed E-state index contributed by atoms with van der Waals surface area (Å²) in [6.07, 6.45) is 33.1. The van der Waals surface area contributed by atoms with Gasteiger partial charge in [0.05, 0.1) is 13.2 Å². The third kappa shape index (κ3) is 37.7. The second kappa shape index (κ2) is 41.2. The van der Waals surface area contributed by atoms with Crippen molar-refractivity contribution >= 4 is 17.9 Å². The molecule has 58 heavy (non-hydrogen) atoms. The molecule has 3 unspecified atom stereocenters. The lowest BCUT2D eigenvalue weighted by molar-refractivity contribution is -0.150. The number of allylic oxidation sites excluding steroid dienone is 1. The molecular weight excluding hydrogens is 723 g/mol. The molecule has 0 saturated heterocycles. The molecule has 0 aliphatic carbocycles. The summed E-state index contributed by atoms with van der Waals surface area (Å²) in [5, 5.41) is 0. The molecule has 0 aliphatic rings. The van der Waals surface area contributed by atoms with Crippen molar-refractivity contribution in [2.75, 3.05) is 26.8 Å². The molecule has 0 amide bonds. The molecule has 0 radical (unpaired) electrons. The van der Waals surface area contributed by atoms with Crippen molar-refractivity contribution in [2.24, 2.45) is 11.8 Å². The van der Waals surface area contributed by atoms with E-state index in [2.05, 4.69) is 70.3 Å². The minimum Gasteiger partial charge on any atom is -0.466 e. The van der Waals surface area contributed by atoms with Crippen LogP contribution in [-0.2, 0) is 28.6 Å². The number of hydrogen-bond donors (Lipinski definition) is 0. The predicted molar refractivity (Wildman–Crippen MR) is 243 cm³/mol. The number of ether oxygens (including phenoxy) is 3. The zero-order valence-electron chi connectivity index (χ0n) is 38.8. The highest BCUT2D eigenvalue weighted by atomic mass is 16.5. The van der Waals surface area contributed by atoms with Crippen molar-refractivity contribution < 1.29 is 28.6 Å². The van der Waals surface area contributed by atoms with Crippen LogP contribution in [-0.4, -0.2) is 61.8 Å². The van der Waals surface area contributed by atoms with Gasteiger partial charge >= 0.3 is 17.9 Å². The molecule has 0 bridgehead atoms. The number of carbonyl (C=O) groups excluding carboxylic acids is 3. The Morgan fingerprint density at radius 1 is 0.569 bits per heavy atom. The average Bonchev–Trinajstić information content (AvgIpc) is 3.19. The lowest BCUT2D eigenvalue weighted by Crippen LogP contribution is -2.28. The highest BCUT2D eigenvalue weighted by molar-refractivity contribution is 5.70. The topological polar surface area (TPSA) is 82.1 Å². The summed E-state index contributed by atoms with van der Waals surface area (Å²) in [5.41, 5.74) is 8.38. The molecule has 0 heterocycles. The van der Waals surface area contributed by atoms with Crippen molar-refractivity contribution in [3.05, 3.63) is 29.8 Å². The summed E-state index contributed by atoms with van der Waals surface area (Å²) in [6, 6.07) is 0.473. The average molecular weight is 814 g/mol. The summed E-state index contributed by atoms with van der Waals surface area (Å²) in [5.74, 6) is 0.782. The Hall–Kier alpha value is -2.55. The van der Waals surface area contributed by atoms with Gasteiger partial charge in [0.15, 0.2) is 0 Å². The number of rotatable bonds is 41. The maximum Gasteiger partial charge on any atom is 0.306 e. The summed E-state index contributed by atoms with van der Waals surface area (Å²) >= 11 is 0. The Morgan fingerprint density at radius 3 is 1.55 bits per heavy atom. The van der Waals surface area contributed by atoms with E-state index in [1.165, 1.54) is 70.6 Å². The first-order valence-electron chi connectivity index (χ1n) is 24.2. The minimum absolute atomic E-state index is 0.00905. The van der Waals surface area contributed by atoms with Gasteiger partial charge in [0.1, 0.15) is 6.10 Å². The molecule has 3 atom stereocenters. The van der Waals surface area contributed by atoms with E-state index in [0.29, 0.717) is 50.4 Å². The number of unbranched alkanes of at least 4 members (excludes halogenated alkanes) is 16. The third-order valence-corrected chi connectivity index (χ3v) is 11.5. The lowest BCUT2D eigenvalue weighted by Gasteiger charge is -2.21. The lowest BCUT2D eigenvalue weighted by atomic mass is 9.98. The SMILES string of the molecule is C=C=C=C=CC(CCCCC)CCOC(=O)CCCCCCCCCC(CCCCCCCCCC(=O)OCCC(C)CCCCC)OC(=O)CCCN(C)C(C)C. The molecule has 0 aliphatic heterocycles. The Kier molecular flexibility index (Phi) is 39.4. The van der Waals surface area contributed by atoms with E-state index in [1.807, 2.05) is 6.08 Å². The van der Waals surface area contributed by atoms with E-state index in [4.69, 9.17) is 14.2 Å². The fourth-order valence-electron chi connectivity index (χ4n) is 7.20. The van der Waals surface area contributed by atoms with E-state index in [-0.39, 0.29) is 24.0 Å².